The van der Waals surface area contributed by atoms with Crippen LogP contribution in [0.3, 0.4) is 0 Å². The van der Waals surface area contributed by atoms with Crippen molar-refractivity contribution >= 4 is 16.7 Å². The maximum Gasteiger partial charge on any atom is 0.179 e. The van der Waals surface area contributed by atoms with Gasteiger partial charge in [-0.2, -0.15) is 0 Å². The molecule has 2 aromatic rings. The van der Waals surface area contributed by atoms with Crippen LogP contribution in [0.4, 0.5) is 4.39 Å². The largest absolute Gasteiger partial charge is 0.497 e. The highest BCUT2D eigenvalue weighted by molar-refractivity contribution is 6.05. The Morgan fingerprint density at radius 3 is 2.94 bits per heavy atom. The smallest absolute Gasteiger partial charge is 0.179 e. The first-order valence-corrected chi connectivity index (χ1v) is 5.12. The summed E-state index contributed by atoms with van der Waals surface area (Å²) in [5.74, 6) is 0.160. The van der Waals surface area contributed by atoms with Gasteiger partial charge in [0.25, 0.3) is 0 Å². The van der Waals surface area contributed by atoms with E-state index >= 15 is 0 Å². The number of carbonyl (C=O) groups excluding carboxylic acids is 1. The van der Waals surface area contributed by atoms with E-state index in [0.717, 1.165) is 10.9 Å². The van der Waals surface area contributed by atoms with Crippen molar-refractivity contribution in [1.29, 1.82) is 0 Å². The molecule has 0 atom stereocenters. The highest BCUT2D eigenvalue weighted by Crippen LogP contribution is 2.33. The molecule has 0 radical (unpaired) electrons. The lowest BCUT2D eigenvalue weighted by Gasteiger charge is -2.01. The number of carbonyl (C=O) groups is 1. The van der Waals surface area contributed by atoms with Crippen LogP contribution in [0.5, 0.6) is 5.75 Å². The minimum atomic E-state index is -0.378. The number of hydrogen-bond donors (Lipinski definition) is 1. The summed E-state index contributed by atoms with van der Waals surface area (Å²) in [6.07, 6.45) is 1.19. The van der Waals surface area contributed by atoms with Crippen molar-refractivity contribution < 1.29 is 13.9 Å². The Hall–Kier alpha value is -1.84. The molecule has 0 aliphatic heterocycles. The number of methoxy groups -OCH3 is 1. The van der Waals surface area contributed by atoms with Gasteiger partial charge in [0.2, 0.25) is 0 Å². The van der Waals surface area contributed by atoms with Gasteiger partial charge in [-0.25, -0.2) is 4.39 Å². The summed E-state index contributed by atoms with van der Waals surface area (Å²) in [6, 6.07) is 3.09. The summed E-state index contributed by atoms with van der Waals surface area (Å²) in [5.41, 5.74) is 1.87. The highest BCUT2D eigenvalue weighted by Gasteiger charge is 2.25. The minimum Gasteiger partial charge on any atom is -0.497 e. The van der Waals surface area contributed by atoms with Crippen molar-refractivity contribution in [3.05, 3.63) is 29.2 Å². The van der Waals surface area contributed by atoms with Crippen LogP contribution in [-0.2, 0) is 6.42 Å². The summed E-state index contributed by atoms with van der Waals surface area (Å²) in [5, 5.41) is 0.762. The van der Waals surface area contributed by atoms with E-state index in [0.29, 0.717) is 29.8 Å². The quantitative estimate of drug-likeness (QED) is 0.800. The van der Waals surface area contributed by atoms with Crippen LogP contribution in [0.15, 0.2) is 12.1 Å². The number of aromatic nitrogens is 1. The van der Waals surface area contributed by atoms with E-state index in [-0.39, 0.29) is 11.6 Å². The molecule has 1 aromatic carbocycles. The predicted octanol–water partition coefficient (Wildman–Crippen LogP) is 2.44. The van der Waals surface area contributed by atoms with Crippen molar-refractivity contribution in [3.63, 3.8) is 0 Å². The fourth-order valence-electron chi connectivity index (χ4n) is 2.26. The molecule has 3 nitrogen and oxygen atoms in total. The number of ether oxygens (including phenoxy) is 1. The van der Waals surface area contributed by atoms with Crippen molar-refractivity contribution in [2.75, 3.05) is 7.11 Å². The SMILES string of the molecule is COc1cc(F)c2[nH]c3c(c2c1)CCC3=O. The molecule has 1 aromatic heterocycles. The molecule has 0 saturated carbocycles. The molecule has 1 N–H and O–H groups in total. The van der Waals surface area contributed by atoms with Crippen molar-refractivity contribution in [2.24, 2.45) is 0 Å². The standard InChI is InChI=1S/C12H10FNO2/c1-16-6-4-8-7-2-3-10(15)12(7)14-11(8)9(13)5-6/h4-5,14H,2-3H2,1H3. The lowest BCUT2D eigenvalue weighted by Crippen LogP contribution is -1.92. The van der Waals surface area contributed by atoms with Crippen LogP contribution in [0, 0.1) is 5.82 Å². The molecule has 3 rings (SSSR count). The highest BCUT2D eigenvalue weighted by atomic mass is 19.1. The molecule has 0 saturated heterocycles. The molecular formula is C12H10FNO2. The van der Waals surface area contributed by atoms with E-state index in [1.54, 1.807) is 6.07 Å². The second kappa shape index (κ2) is 3.07. The number of aromatic amines is 1. The molecule has 0 bridgehead atoms. The summed E-state index contributed by atoms with van der Waals surface area (Å²) in [6.45, 7) is 0. The van der Waals surface area contributed by atoms with Crippen LogP contribution in [0.25, 0.3) is 10.9 Å². The van der Waals surface area contributed by atoms with Gasteiger partial charge in [0.15, 0.2) is 11.6 Å². The number of halogens is 1. The predicted molar refractivity (Wildman–Crippen MR) is 57.5 cm³/mol. The van der Waals surface area contributed by atoms with E-state index in [9.17, 15) is 9.18 Å². The molecule has 0 unspecified atom stereocenters. The second-order valence-electron chi connectivity index (χ2n) is 3.93. The zero-order chi connectivity index (χ0) is 11.3. The first-order chi connectivity index (χ1) is 7.70. The summed E-state index contributed by atoms with van der Waals surface area (Å²) in [4.78, 5) is 14.4. The number of Topliss-reactive ketones (excluding diaryl/α,β-unsaturated/α-hetero) is 1. The number of ketones is 1. The van der Waals surface area contributed by atoms with Gasteiger partial charge in [-0.05, 0) is 18.1 Å². The van der Waals surface area contributed by atoms with E-state index in [1.807, 2.05) is 0 Å². The molecule has 1 heterocycles. The molecule has 82 valence electrons. The average molecular weight is 219 g/mol. The van der Waals surface area contributed by atoms with Gasteiger partial charge in [0.1, 0.15) is 5.75 Å². The van der Waals surface area contributed by atoms with E-state index < -0.39 is 0 Å². The van der Waals surface area contributed by atoms with Gasteiger partial charge >= 0.3 is 0 Å². The second-order valence-corrected chi connectivity index (χ2v) is 3.93. The molecule has 16 heavy (non-hydrogen) atoms. The van der Waals surface area contributed by atoms with Gasteiger partial charge in [-0.15, -0.1) is 0 Å². The minimum absolute atomic E-state index is 0.0598. The number of hydrogen-bond acceptors (Lipinski definition) is 2. The van der Waals surface area contributed by atoms with Gasteiger partial charge < -0.3 is 9.72 Å². The lowest BCUT2D eigenvalue weighted by atomic mass is 10.1. The van der Waals surface area contributed by atoms with Crippen LogP contribution >= 0.6 is 0 Å². The van der Waals surface area contributed by atoms with Crippen molar-refractivity contribution in [2.45, 2.75) is 12.8 Å². The summed E-state index contributed by atoms with van der Waals surface area (Å²) in [7, 11) is 1.50. The van der Waals surface area contributed by atoms with Crippen LogP contribution in [0.2, 0.25) is 0 Å². The van der Waals surface area contributed by atoms with Crippen LogP contribution in [0.1, 0.15) is 22.5 Å². The summed E-state index contributed by atoms with van der Waals surface area (Å²) < 4.78 is 18.7. The fraction of sp³-hybridized carbons (Fsp3) is 0.250. The number of H-pyrrole nitrogens is 1. The molecule has 0 fully saturated rings. The Kier molecular flexibility index (Phi) is 1.80. The molecule has 0 amide bonds. The third-order valence-electron chi connectivity index (χ3n) is 3.06. The Morgan fingerprint density at radius 1 is 1.38 bits per heavy atom. The number of nitrogens with one attached hydrogen (secondary N) is 1. The molecule has 1 aliphatic rings. The lowest BCUT2D eigenvalue weighted by molar-refractivity contribution is 0.0990. The number of aryl methyl sites for hydroxylation is 1. The topological polar surface area (TPSA) is 42.1 Å². The molecule has 4 heteroatoms. The Morgan fingerprint density at radius 2 is 2.19 bits per heavy atom. The van der Waals surface area contributed by atoms with Crippen molar-refractivity contribution in [3.8, 4) is 5.75 Å². The van der Waals surface area contributed by atoms with Crippen LogP contribution in [-0.4, -0.2) is 17.9 Å². The van der Waals surface area contributed by atoms with Crippen molar-refractivity contribution in [1.82, 2.24) is 4.98 Å². The Labute approximate surface area is 91.2 Å². The fourth-order valence-corrected chi connectivity index (χ4v) is 2.26. The maximum atomic E-state index is 13.7. The van der Waals surface area contributed by atoms with E-state index in [4.69, 9.17) is 4.74 Å². The first kappa shape index (κ1) is 9.39. The van der Waals surface area contributed by atoms with Gasteiger partial charge in [-0.3, -0.25) is 4.79 Å². The van der Waals surface area contributed by atoms with Gasteiger partial charge in [0.05, 0.1) is 18.3 Å². The third-order valence-corrected chi connectivity index (χ3v) is 3.06. The monoisotopic (exact) mass is 219 g/mol. The zero-order valence-corrected chi connectivity index (χ0v) is 8.76. The molecule has 0 spiro atoms. The van der Waals surface area contributed by atoms with Gasteiger partial charge in [-0.1, -0.05) is 0 Å². The zero-order valence-electron chi connectivity index (χ0n) is 8.76. The van der Waals surface area contributed by atoms with Crippen LogP contribution < -0.4 is 4.74 Å². The third kappa shape index (κ3) is 1.10. The average Bonchev–Trinajstić information content (AvgIpc) is 2.80. The number of rotatable bonds is 1. The molecule has 1 aliphatic carbocycles. The Bertz CT molecular complexity index is 601. The van der Waals surface area contributed by atoms with E-state index in [2.05, 4.69) is 4.98 Å². The van der Waals surface area contributed by atoms with Gasteiger partial charge in [0, 0.05) is 17.9 Å². The Balaban J connectivity index is 2.37. The first-order valence-electron chi connectivity index (χ1n) is 5.12. The summed E-state index contributed by atoms with van der Waals surface area (Å²) >= 11 is 0. The van der Waals surface area contributed by atoms with E-state index in [1.165, 1.54) is 13.2 Å². The maximum absolute atomic E-state index is 13.7. The number of benzene rings is 1. The molecular weight excluding hydrogens is 209 g/mol. The normalized spacial score (nSPS) is 14.5. The number of fused-ring (bicyclic) bond motifs is 3.